The van der Waals surface area contributed by atoms with Crippen LogP contribution in [0.25, 0.3) is 10.1 Å². The van der Waals surface area contributed by atoms with Gasteiger partial charge in [-0.2, -0.15) is 4.37 Å². The first-order valence-electron chi connectivity index (χ1n) is 9.30. The van der Waals surface area contributed by atoms with Crippen molar-refractivity contribution in [3.8, 4) is 0 Å². The Morgan fingerprint density at radius 1 is 1.12 bits per heavy atom. The second-order valence-corrected chi connectivity index (χ2v) is 8.13. The molecule has 1 aromatic carbocycles. The topological polar surface area (TPSA) is 39.7 Å². The second-order valence-electron chi connectivity index (χ2n) is 7.33. The van der Waals surface area contributed by atoms with Gasteiger partial charge in [0.2, 0.25) is 5.91 Å². The van der Waals surface area contributed by atoms with E-state index >= 15 is 0 Å². The largest absolute Gasteiger partial charge is 0.353 e. The summed E-state index contributed by atoms with van der Waals surface area (Å²) >= 11 is 1.57. The summed E-state index contributed by atoms with van der Waals surface area (Å²) in [6.07, 6.45) is 2.30. The Kier molecular flexibility index (Phi) is 4.90. The minimum absolute atomic E-state index is 0.305. The van der Waals surface area contributed by atoms with E-state index in [0.717, 1.165) is 63.8 Å². The zero-order chi connectivity index (χ0) is 17.2. The fourth-order valence-electron chi connectivity index (χ4n) is 3.77. The number of aromatic nitrogens is 1. The summed E-state index contributed by atoms with van der Waals surface area (Å²) in [7, 11) is 0. The molecule has 0 N–H and O–H groups in total. The molecule has 0 bridgehead atoms. The van der Waals surface area contributed by atoms with Crippen molar-refractivity contribution in [1.82, 2.24) is 14.2 Å². The highest BCUT2D eigenvalue weighted by Gasteiger charge is 2.25. The lowest BCUT2D eigenvalue weighted by molar-refractivity contribution is -0.133. The van der Waals surface area contributed by atoms with E-state index < -0.39 is 0 Å². The maximum absolute atomic E-state index is 12.5. The molecule has 0 unspecified atom stereocenters. The zero-order valence-electron chi connectivity index (χ0n) is 14.9. The number of amides is 1. The number of carbonyl (C=O) groups excluding carboxylic acids is 1. The van der Waals surface area contributed by atoms with Gasteiger partial charge in [-0.15, -0.1) is 0 Å². The summed E-state index contributed by atoms with van der Waals surface area (Å²) < 4.78 is 5.90. The number of piperazine rings is 1. The van der Waals surface area contributed by atoms with E-state index in [1.807, 2.05) is 0 Å². The number of hydrogen-bond donors (Lipinski definition) is 0. The van der Waals surface area contributed by atoms with Crippen molar-refractivity contribution >= 4 is 33.3 Å². The predicted octanol–water partition coefficient (Wildman–Crippen LogP) is 2.68. The van der Waals surface area contributed by atoms with Crippen LogP contribution in [-0.2, 0) is 4.79 Å². The van der Waals surface area contributed by atoms with Gasteiger partial charge < -0.3 is 9.80 Å². The Morgan fingerprint density at radius 2 is 1.84 bits per heavy atom. The highest BCUT2D eigenvalue weighted by atomic mass is 32.1. The van der Waals surface area contributed by atoms with Crippen LogP contribution in [-0.4, -0.2) is 65.9 Å². The molecule has 2 saturated heterocycles. The number of piperidine rings is 1. The quantitative estimate of drug-likeness (QED) is 0.846. The van der Waals surface area contributed by atoms with Gasteiger partial charge in [-0.25, -0.2) is 0 Å². The number of anilines is 1. The molecule has 4 rings (SSSR count). The summed E-state index contributed by atoms with van der Waals surface area (Å²) in [5.41, 5.74) is 0. The van der Waals surface area contributed by atoms with E-state index in [0.29, 0.717) is 12.5 Å². The van der Waals surface area contributed by atoms with Gasteiger partial charge in [0.05, 0.1) is 11.2 Å². The lowest BCUT2D eigenvalue weighted by atomic mass is 9.99. The van der Waals surface area contributed by atoms with E-state index in [2.05, 4.69) is 50.3 Å². The van der Waals surface area contributed by atoms with Crippen LogP contribution in [0, 0.1) is 5.92 Å². The SMILES string of the molecule is CC1CCN(C(=O)CN2CCN(c3nsc4ccccc34)CC2)CC1. The van der Waals surface area contributed by atoms with Crippen molar-refractivity contribution in [2.45, 2.75) is 19.8 Å². The molecule has 5 nitrogen and oxygen atoms in total. The van der Waals surface area contributed by atoms with Crippen molar-refractivity contribution in [2.75, 3.05) is 50.7 Å². The van der Waals surface area contributed by atoms with Crippen LogP contribution in [0.3, 0.4) is 0 Å². The molecule has 2 aliphatic heterocycles. The van der Waals surface area contributed by atoms with Crippen molar-refractivity contribution in [3.63, 3.8) is 0 Å². The van der Waals surface area contributed by atoms with Gasteiger partial charge in [0.25, 0.3) is 0 Å². The molecular formula is C19H26N4OS. The van der Waals surface area contributed by atoms with Crippen LogP contribution in [0.4, 0.5) is 5.82 Å². The van der Waals surface area contributed by atoms with Crippen LogP contribution in [0.2, 0.25) is 0 Å². The second kappa shape index (κ2) is 7.30. The van der Waals surface area contributed by atoms with E-state index in [1.54, 1.807) is 11.5 Å². The number of nitrogens with zero attached hydrogens (tertiary/aromatic N) is 4. The van der Waals surface area contributed by atoms with E-state index in [9.17, 15) is 4.79 Å². The van der Waals surface area contributed by atoms with Gasteiger partial charge in [-0.1, -0.05) is 19.1 Å². The van der Waals surface area contributed by atoms with Gasteiger partial charge in [-0.05, 0) is 42.4 Å². The molecule has 134 valence electrons. The number of benzene rings is 1. The Morgan fingerprint density at radius 3 is 2.60 bits per heavy atom. The standard InChI is InChI=1S/C19H26N4OS/c1-15-6-8-22(9-7-15)18(24)14-21-10-12-23(13-11-21)19-16-4-2-3-5-17(16)25-20-19/h2-5,15H,6-14H2,1H3. The van der Waals surface area contributed by atoms with Gasteiger partial charge in [-0.3, -0.25) is 9.69 Å². The summed E-state index contributed by atoms with van der Waals surface area (Å²) in [6, 6.07) is 8.43. The predicted molar refractivity (Wildman–Crippen MR) is 103 cm³/mol. The third-order valence-corrected chi connectivity index (χ3v) is 6.34. The average Bonchev–Trinajstić information content (AvgIpc) is 3.07. The number of hydrogen-bond acceptors (Lipinski definition) is 5. The monoisotopic (exact) mass is 358 g/mol. The Balaban J connectivity index is 1.32. The van der Waals surface area contributed by atoms with Gasteiger partial charge in [0, 0.05) is 44.7 Å². The first-order valence-corrected chi connectivity index (χ1v) is 10.1. The van der Waals surface area contributed by atoms with Crippen molar-refractivity contribution in [3.05, 3.63) is 24.3 Å². The molecule has 1 amide bonds. The molecule has 2 aliphatic rings. The summed E-state index contributed by atoms with van der Waals surface area (Å²) in [6.45, 7) is 8.47. The molecule has 6 heteroatoms. The highest BCUT2D eigenvalue weighted by molar-refractivity contribution is 7.13. The summed E-state index contributed by atoms with van der Waals surface area (Å²) in [4.78, 5) is 19.2. The lowest BCUT2D eigenvalue weighted by Gasteiger charge is -2.37. The van der Waals surface area contributed by atoms with Crippen LogP contribution in [0.15, 0.2) is 24.3 Å². The normalized spacial score (nSPS) is 20.4. The summed E-state index contributed by atoms with van der Waals surface area (Å²) in [5.74, 6) is 2.18. The minimum Gasteiger partial charge on any atom is -0.353 e. The van der Waals surface area contributed by atoms with E-state index in [4.69, 9.17) is 0 Å². The van der Waals surface area contributed by atoms with Crippen molar-refractivity contribution in [1.29, 1.82) is 0 Å². The molecule has 0 radical (unpaired) electrons. The fraction of sp³-hybridized carbons (Fsp3) is 0.579. The number of carbonyl (C=O) groups is 1. The van der Waals surface area contributed by atoms with Crippen LogP contribution >= 0.6 is 11.5 Å². The molecule has 3 heterocycles. The Hall–Kier alpha value is -1.66. The summed E-state index contributed by atoms with van der Waals surface area (Å²) in [5, 5.41) is 1.25. The number of rotatable bonds is 3. The third kappa shape index (κ3) is 3.65. The zero-order valence-corrected chi connectivity index (χ0v) is 15.7. The smallest absolute Gasteiger partial charge is 0.236 e. The van der Waals surface area contributed by atoms with Gasteiger partial charge >= 0.3 is 0 Å². The maximum atomic E-state index is 12.5. The Bertz CT molecular complexity index is 730. The van der Waals surface area contributed by atoms with Crippen LogP contribution in [0.5, 0.6) is 0 Å². The molecule has 25 heavy (non-hydrogen) atoms. The van der Waals surface area contributed by atoms with E-state index in [1.165, 1.54) is 10.1 Å². The average molecular weight is 359 g/mol. The van der Waals surface area contributed by atoms with Gasteiger partial charge in [0.1, 0.15) is 5.82 Å². The molecule has 0 spiro atoms. The van der Waals surface area contributed by atoms with Crippen molar-refractivity contribution in [2.24, 2.45) is 5.92 Å². The van der Waals surface area contributed by atoms with Crippen LogP contribution in [0.1, 0.15) is 19.8 Å². The minimum atomic E-state index is 0.305. The molecular weight excluding hydrogens is 332 g/mol. The van der Waals surface area contributed by atoms with Gasteiger partial charge in [0.15, 0.2) is 0 Å². The van der Waals surface area contributed by atoms with E-state index in [-0.39, 0.29) is 0 Å². The molecule has 2 fully saturated rings. The third-order valence-electron chi connectivity index (χ3n) is 5.53. The molecule has 2 aromatic rings. The first kappa shape index (κ1) is 16.8. The van der Waals surface area contributed by atoms with Crippen LogP contribution < -0.4 is 4.90 Å². The lowest BCUT2D eigenvalue weighted by Crippen LogP contribution is -2.51. The fourth-order valence-corrected chi connectivity index (χ4v) is 4.56. The maximum Gasteiger partial charge on any atom is 0.236 e. The van der Waals surface area contributed by atoms with Crippen molar-refractivity contribution < 1.29 is 4.79 Å². The Labute approximate surface area is 153 Å². The number of likely N-dealkylation sites (tertiary alicyclic amines) is 1. The highest BCUT2D eigenvalue weighted by Crippen LogP contribution is 2.29. The molecule has 1 aromatic heterocycles. The first-order chi connectivity index (χ1) is 12.2. The molecule has 0 saturated carbocycles. The molecule has 0 atom stereocenters. The molecule has 0 aliphatic carbocycles. The number of fused-ring (bicyclic) bond motifs is 1.